The molecule has 1 amide bonds. The quantitative estimate of drug-likeness (QED) is 0.123. The molecule has 0 aliphatic heterocycles. The van der Waals surface area contributed by atoms with Crippen molar-refractivity contribution in [2.45, 2.75) is 101 Å². The van der Waals surface area contributed by atoms with E-state index in [1.807, 2.05) is 49.5 Å². The molecule has 49 heavy (non-hydrogen) atoms. The Hall–Kier alpha value is -2.80. The monoisotopic (exact) mass is 716 g/mol. The van der Waals surface area contributed by atoms with Crippen LogP contribution >= 0.6 is 23.2 Å². The molecule has 10 nitrogen and oxygen atoms in total. The smallest absolute Gasteiger partial charge is 0.222 e. The van der Waals surface area contributed by atoms with E-state index in [-0.39, 0.29) is 37.5 Å². The highest BCUT2D eigenvalue weighted by Crippen LogP contribution is 2.53. The number of aliphatic hydroxyl groups is 5. The van der Waals surface area contributed by atoms with Crippen LogP contribution in [0.15, 0.2) is 54.9 Å². The number of rotatable bonds is 18. The molecule has 266 valence electrons. The number of para-hydroxylation sites is 1. The Balaban J connectivity index is 1.16. The van der Waals surface area contributed by atoms with Crippen molar-refractivity contribution in [3.8, 4) is 16.9 Å². The average Bonchev–Trinajstić information content (AvgIpc) is 4.05. The summed E-state index contributed by atoms with van der Waals surface area (Å²) in [5.41, 5.74) is 4.28. The van der Waals surface area contributed by atoms with Gasteiger partial charge in [0.25, 0.3) is 0 Å². The highest BCUT2D eigenvalue weighted by molar-refractivity contribution is 6.34. The van der Waals surface area contributed by atoms with Gasteiger partial charge in [-0.1, -0.05) is 48.3 Å². The average molecular weight is 718 g/mol. The third-order valence-corrected chi connectivity index (χ3v) is 10.1. The largest absolute Gasteiger partial charge is 0.490 e. The Morgan fingerprint density at radius 1 is 1.02 bits per heavy atom. The van der Waals surface area contributed by atoms with Gasteiger partial charge in [0.2, 0.25) is 5.91 Å². The third kappa shape index (κ3) is 9.31. The number of aromatic nitrogens is 1. The predicted octanol–water partition coefficient (Wildman–Crippen LogP) is 4.97. The van der Waals surface area contributed by atoms with Crippen molar-refractivity contribution < 1.29 is 39.8 Å². The van der Waals surface area contributed by atoms with Gasteiger partial charge in [0.1, 0.15) is 30.2 Å². The summed E-state index contributed by atoms with van der Waals surface area (Å²) in [6.07, 6.45) is 2.64. The number of amides is 1. The lowest BCUT2D eigenvalue weighted by atomic mass is 9.94. The first kappa shape index (κ1) is 37.5. The second-order valence-electron chi connectivity index (χ2n) is 13.3. The molecule has 0 spiro atoms. The molecule has 3 aromatic rings. The van der Waals surface area contributed by atoms with Crippen LogP contribution in [0.1, 0.15) is 74.5 Å². The van der Waals surface area contributed by atoms with Crippen LogP contribution in [-0.4, -0.2) is 92.0 Å². The van der Waals surface area contributed by atoms with Gasteiger partial charge in [-0.15, -0.1) is 0 Å². The first-order chi connectivity index (χ1) is 23.4. The molecule has 2 aliphatic rings. The minimum absolute atomic E-state index is 0.00579. The molecule has 0 bridgehead atoms. The summed E-state index contributed by atoms with van der Waals surface area (Å²) in [6, 6.07) is 13.8. The molecule has 5 N–H and O–H groups in total. The van der Waals surface area contributed by atoms with Crippen LogP contribution in [0.25, 0.3) is 11.1 Å². The van der Waals surface area contributed by atoms with Crippen molar-refractivity contribution in [3.05, 3.63) is 81.6 Å². The second kappa shape index (κ2) is 16.5. The summed E-state index contributed by atoms with van der Waals surface area (Å²) in [4.78, 5) is 18.4. The van der Waals surface area contributed by atoms with Crippen LogP contribution in [0.3, 0.4) is 0 Å². The molecule has 0 saturated heterocycles. The SMILES string of the molecule is CC(CCCC(=O)N(C)C[C@H](O)[C@@H](O)[C@H](O)[C@H](O)CO)c1cc(Cl)c(COC2(c3cnccc3-c3ccccc3OC3CC3)CC2)cc1Cl. The first-order valence-corrected chi connectivity index (χ1v) is 17.6. The van der Waals surface area contributed by atoms with E-state index < -0.39 is 36.6 Å². The fourth-order valence-electron chi connectivity index (χ4n) is 6.02. The normalized spacial score (nSPS) is 18.3. The van der Waals surface area contributed by atoms with Crippen LogP contribution in [0.2, 0.25) is 10.0 Å². The molecule has 1 unspecified atom stereocenters. The van der Waals surface area contributed by atoms with E-state index in [0.29, 0.717) is 22.9 Å². The summed E-state index contributed by atoms with van der Waals surface area (Å²) < 4.78 is 12.8. The number of carbonyl (C=O) groups excluding carboxylic acids is 1. The number of halogens is 2. The highest BCUT2D eigenvalue weighted by atomic mass is 35.5. The van der Waals surface area contributed by atoms with Crippen molar-refractivity contribution >= 4 is 29.1 Å². The summed E-state index contributed by atoms with van der Waals surface area (Å²) >= 11 is 13.5. The van der Waals surface area contributed by atoms with Crippen LogP contribution in [0.4, 0.5) is 0 Å². The molecule has 0 radical (unpaired) electrons. The number of pyridine rings is 1. The lowest BCUT2D eigenvalue weighted by molar-refractivity contribution is -0.138. The van der Waals surface area contributed by atoms with Gasteiger partial charge in [-0.2, -0.15) is 0 Å². The first-order valence-electron chi connectivity index (χ1n) is 16.8. The molecule has 2 fully saturated rings. The molecule has 2 aromatic carbocycles. The Bertz CT molecular complexity index is 1580. The van der Waals surface area contributed by atoms with Crippen LogP contribution in [0, 0.1) is 0 Å². The molecule has 1 heterocycles. The van der Waals surface area contributed by atoms with E-state index in [9.17, 15) is 25.2 Å². The number of benzene rings is 2. The van der Waals surface area contributed by atoms with E-state index in [1.54, 1.807) is 6.20 Å². The molecule has 2 aliphatic carbocycles. The third-order valence-electron chi connectivity index (χ3n) is 9.45. The minimum atomic E-state index is -1.75. The molecule has 2 saturated carbocycles. The van der Waals surface area contributed by atoms with Gasteiger partial charge in [-0.25, -0.2) is 0 Å². The number of carbonyl (C=O) groups is 1. The van der Waals surface area contributed by atoms with E-state index in [2.05, 4.69) is 11.1 Å². The number of aliphatic hydroxyl groups excluding tert-OH is 5. The Morgan fingerprint density at radius 2 is 1.73 bits per heavy atom. The van der Waals surface area contributed by atoms with Gasteiger partial charge in [-0.05, 0) is 85.4 Å². The number of nitrogens with zero attached hydrogens (tertiary/aromatic N) is 2. The van der Waals surface area contributed by atoms with Gasteiger partial charge < -0.3 is 39.9 Å². The van der Waals surface area contributed by atoms with Crippen molar-refractivity contribution in [3.63, 3.8) is 0 Å². The van der Waals surface area contributed by atoms with Crippen molar-refractivity contribution in [2.24, 2.45) is 0 Å². The van der Waals surface area contributed by atoms with E-state index in [0.717, 1.165) is 59.3 Å². The van der Waals surface area contributed by atoms with Crippen molar-refractivity contribution in [1.29, 1.82) is 0 Å². The zero-order chi connectivity index (χ0) is 35.3. The zero-order valence-corrected chi connectivity index (χ0v) is 29.4. The topological polar surface area (TPSA) is 153 Å². The fraction of sp³-hybridized carbons (Fsp3) is 0.514. The molecule has 12 heteroatoms. The van der Waals surface area contributed by atoms with Crippen LogP contribution in [0.5, 0.6) is 5.75 Å². The van der Waals surface area contributed by atoms with E-state index in [1.165, 1.54) is 11.9 Å². The number of hydrogen-bond acceptors (Lipinski definition) is 9. The zero-order valence-electron chi connectivity index (χ0n) is 27.8. The second-order valence-corrected chi connectivity index (χ2v) is 14.2. The fourth-order valence-corrected chi connectivity index (χ4v) is 6.62. The Morgan fingerprint density at radius 3 is 2.43 bits per heavy atom. The maximum atomic E-state index is 12.7. The lowest BCUT2D eigenvalue weighted by Gasteiger charge is -2.28. The van der Waals surface area contributed by atoms with Gasteiger partial charge in [-0.3, -0.25) is 9.78 Å². The summed E-state index contributed by atoms with van der Waals surface area (Å²) in [6.45, 7) is 1.27. The van der Waals surface area contributed by atoms with Gasteiger partial charge in [0, 0.05) is 53.6 Å². The molecular weight excluding hydrogens is 671 g/mol. The Kier molecular flexibility index (Phi) is 12.6. The van der Waals surface area contributed by atoms with Crippen LogP contribution < -0.4 is 4.74 Å². The van der Waals surface area contributed by atoms with E-state index >= 15 is 0 Å². The minimum Gasteiger partial charge on any atom is -0.490 e. The van der Waals surface area contributed by atoms with Gasteiger partial charge in [0.15, 0.2) is 0 Å². The Labute approximate surface area is 297 Å². The van der Waals surface area contributed by atoms with Gasteiger partial charge in [0.05, 0.1) is 24.9 Å². The number of hydrogen-bond donors (Lipinski definition) is 5. The molecule has 5 atom stereocenters. The van der Waals surface area contributed by atoms with Crippen molar-refractivity contribution in [2.75, 3.05) is 20.2 Å². The van der Waals surface area contributed by atoms with Gasteiger partial charge >= 0.3 is 0 Å². The standard InChI is InChI=1S/C37H46Cl2N2O8/c1-22(6-5-9-34(45)41(2)19-31(43)35(46)36(47)32(44)20-42)27-17-29(38)23(16-30(27)39)21-48-37(13-14-37)28-18-40-15-12-25(28)26-7-3-4-8-33(26)49-24-10-11-24/h3-4,7-8,12,15-18,22,24,31-32,35-36,42-44,46-47H,5-6,9-11,13-14,19-21H2,1-2H3/t22?,31-,32+,35+,36+/m0/s1. The molecule has 5 rings (SSSR count). The van der Waals surface area contributed by atoms with Crippen molar-refractivity contribution in [1.82, 2.24) is 9.88 Å². The molecular formula is C37H46Cl2N2O8. The number of likely N-dealkylation sites (N-methyl/N-ethyl adjacent to an activating group) is 1. The highest BCUT2D eigenvalue weighted by Gasteiger charge is 2.48. The summed E-state index contributed by atoms with van der Waals surface area (Å²) in [7, 11) is 1.48. The number of ether oxygens (including phenoxy) is 2. The van der Waals surface area contributed by atoms with E-state index in [4.69, 9.17) is 37.8 Å². The molecule has 1 aromatic heterocycles. The van der Waals surface area contributed by atoms with Crippen LogP contribution in [-0.2, 0) is 21.7 Å². The summed E-state index contributed by atoms with van der Waals surface area (Å²) in [5, 5.41) is 49.6. The maximum Gasteiger partial charge on any atom is 0.222 e. The predicted molar refractivity (Wildman–Crippen MR) is 187 cm³/mol. The lowest BCUT2D eigenvalue weighted by Crippen LogP contribution is -2.49. The maximum absolute atomic E-state index is 12.7. The summed E-state index contributed by atoms with van der Waals surface area (Å²) in [5.74, 6) is 0.624.